The number of ether oxygens (including phenoxy) is 1. The summed E-state index contributed by atoms with van der Waals surface area (Å²) in [4.78, 5) is 23.9. The minimum Gasteiger partial charge on any atom is -0.480 e. The van der Waals surface area contributed by atoms with Crippen molar-refractivity contribution in [2.24, 2.45) is 0 Å². The van der Waals surface area contributed by atoms with Gasteiger partial charge in [0.25, 0.3) is 0 Å². The van der Waals surface area contributed by atoms with E-state index >= 15 is 0 Å². The highest BCUT2D eigenvalue weighted by Gasteiger charge is 2.28. The number of carbonyl (C=O) groups excluding carboxylic acids is 1. The Labute approximate surface area is 157 Å². The molecule has 0 aliphatic heterocycles. The van der Waals surface area contributed by atoms with Gasteiger partial charge in [0.2, 0.25) is 0 Å². The SMILES string of the molecule is CS(=O)CCC[C@@H](C(=O)O)N(Cc1ccccc1)NC(=O)OC(C)(C)C. The van der Waals surface area contributed by atoms with Gasteiger partial charge in [0.1, 0.15) is 11.6 Å². The molecule has 0 saturated carbocycles. The van der Waals surface area contributed by atoms with Crippen molar-refractivity contribution in [3.05, 3.63) is 35.9 Å². The second-order valence-electron chi connectivity index (χ2n) is 7.00. The molecule has 0 bridgehead atoms. The molecule has 0 fully saturated rings. The Hall–Kier alpha value is -1.93. The van der Waals surface area contributed by atoms with E-state index in [0.29, 0.717) is 12.2 Å². The van der Waals surface area contributed by atoms with Gasteiger partial charge < -0.3 is 9.84 Å². The van der Waals surface area contributed by atoms with Crippen LogP contribution in [0.4, 0.5) is 4.79 Å². The van der Waals surface area contributed by atoms with Crippen LogP contribution in [0, 0.1) is 0 Å². The van der Waals surface area contributed by atoms with Gasteiger partial charge in [0.15, 0.2) is 0 Å². The Bertz CT molecular complexity index is 616. The summed E-state index contributed by atoms with van der Waals surface area (Å²) >= 11 is 0. The number of carboxylic acid groups (broad SMARTS) is 1. The molecule has 0 spiro atoms. The van der Waals surface area contributed by atoms with Gasteiger partial charge in [-0.25, -0.2) is 4.79 Å². The van der Waals surface area contributed by atoms with E-state index in [9.17, 15) is 18.9 Å². The quantitative estimate of drug-likeness (QED) is 0.635. The first-order valence-corrected chi connectivity index (χ1v) is 10.1. The van der Waals surface area contributed by atoms with Crippen LogP contribution in [0.5, 0.6) is 0 Å². The molecule has 1 aromatic rings. The molecular weight excluding hydrogens is 356 g/mol. The molecule has 1 rings (SSSR count). The topological polar surface area (TPSA) is 95.9 Å². The minimum atomic E-state index is -1.06. The number of nitrogens with one attached hydrogen (secondary N) is 1. The van der Waals surface area contributed by atoms with Gasteiger partial charge in [-0.3, -0.25) is 14.4 Å². The van der Waals surface area contributed by atoms with Crippen LogP contribution in [0.1, 0.15) is 39.2 Å². The third-order valence-corrected chi connectivity index (χ3v) is 4.26. The molecule has 2 atom stereocenters. The fourth-order valence-corrected chi connectivity index (χ4v) is 2.89. The summed E-state index contributed by atoms with van der Waals surface area (Å²) in [5.74, 6) is -0.644. The van der Waals surface area contributed by atoms with Crippen LogP contribution in [0.25, 0.3) is 0 Å². The van der Waals surface area contributed by atoms with E-state index in [4.69, 9.17) is 4.74 Å². The highest BCUT2D eigenvalue weighted by atomic mass is 32.2. The minimum absolute atomic E-state index is 0.215. The number of hydrazine groups is 1. The lowest BCUT2D eigenvalue weighted by Crippen LogP contribution is -2.52. The molecule has 0 aromatic heterocycles. The van der Waals surface area contributed by atoms with Gasteiger partial charge in [0, 0.05) is 29.4 Å². The van der Waals surface area contributed by atoms with Crippen LogP contribution in [0.3, 0.4) is 0 Å². The summed E-state index contributed by atoms with van der Waals surface area (Å²) in [5.41, 5.74) is 2.72. The second kappa shape index (κ2) is 10.3. The van der Waals surface area contributed by atoms with Crippen LogP contribution in [-0.2, 0) is 26.9 Å². The van der Waals surface area contributed by atoms with Crippen LogP contribution < -0.4 is 5.43 Å². The summed E-state index contributed by atoms with van der Waals surface area (Å²) in [5, 5.41) is 11.0. The second-order valence-corrected chi connectivity index (χ2v) is 8.56. The largest absolute Gasteiger partial charge is 0.480 e. The van der Waals surface area contributed by atoms with E-state index in [0.717, 1.165) is 5.56 Å². The molecule has 146 valence electrons. The molecule has 0 aliphatic rings. The van der Waals surface area contributed by atoms with Crippen molar-refractivity contribution in [2.45, 2.75) is 51.8 Å². The fourth-order valence-electron chi connectivity index (χ4n) is 2.32. The number of rotatable bonds is 9. The van der Waals surface area contributed by atoms with Crippen molar-refractivity contribution in [1.29, 1.82) is 0 Å². The van der Waals surface area contributed by atoms with Gasteiger partial charge in [-0.05, 0) is 39.2 Å². The molecular formula is C18H28N2O5S. The average Bonchev–Trinajstić information content (AvgIpc) is 2.49. The summed E-state index contributed by atoms with van der Waals surface area (Å²) in [6.07, 6.45) is 1.61. The first-order valence-electron chi connectivity index (χ1n) is 8.41. The number of carboxylic acids is 1. The predicted molar refractivity (Wildman–Crippen MR) is 101 cm³/mol. The van der Waals surface area contributed by atoms with Crippen molar-refractivity contribution >= 4 is 22.9 Å². The van der Waals surface area contributed by atoms with E-state index in [-0.39, 0.29) is 13.0 Å². The van der Waals surface area contributed by atoms with Crippen LogP contribution in [-0.4, -0.2) is 50.0 Å². The highest BCUT2D eigenvalue weighted by Crippen LogP contribution is 2.13. The normalized spacial score (nSPS) is 13.9. The molecule has 1 unspecified atom stereocenters. The maximum Gasteiger partial charge on any atom is 0.422 e. The van der Waals surface area contributed by atoms with Gasteiger partial charge in [0.05, 0.1) is 0 Å². The molecule has 0 saturated heterocycles. The number of hydrogen-bond donors (Lipinski definition) is 2. The third kappa shape index (κ3) is 8.96. The first kappa shape index (κ1) is 22.1. The van der Waals surface area contributed by atoms with Gasteiger partial charge in [-0.15, -0.1) is 0 Å². The summed E-state index contributed by atoms with van der Waals surface area (Å²) < 4.78 is 16.5. The molecule has 7 nitrogen and oxygen atoms in total. The lowest BCUT2D eigenvalue weighted by atomic mass is 10.1. The molecule has 0 aliphatic carbocycles. The fraction of sp³-hybridized carbons (Fsp3) is 0.556. The van der Waals surface area contributed by atoms with Crippen molar-refractivity contribution < 1.29 is 23.6 Å². The lowest BCUT2D eigenvalue weighted by molar-refractivity contribution is -0.145. The zero-order chi connectivity index (χ0) is 19.7. The molecule has 1 aromatic carbocycles. The zero-order valence-corrected chi connectivity index (χ0v) is 16.5. The third-order valence-electron chi connectivity index (χ3n) is 3.40. The smallest absolute Gasteiger partial charge is 0.422 e. The van der Waals surface area contributed by atoms with Gasteiger partial charge in [-0.1, -0.05) is 30.3 Å². The molecule has 0 radical (unpaired) electrons. The number of nitrogens with zero attached hydrogens (tertiary/aromatic N) is 1. The van der Waals surface area contributed by atoms with E-state index in [1.54, 1.807) is 27.0 Å². The number of aliphatic carboxylic acids is 1. The van der Waals surface area contributed by atoms with E-state index in [1.165, 1.54) is 5.01 Å². The zero-order valence-electron chi connectivity index (χ0n) is 15.7. The standard InChI is InChI=1S/C18H28N2O5S/c1-18(2,3)25-17(23)19-20(13-14-9-6-5-7-10-14)15(16(21)22)11-8-12-26(4)24/h5-7,9-10,15H,8,11-13H2,1-4H3,(H,19,23)(H,21,22)/t15-,26?/m0/s1. The van der Waals surface area contributed by atoms with Crippen LogP contribution in [0.15, 0.2) is 30.3 Å². The Morgan fingerprint density at radius 3 is 2.38 bits per heavy atom. The van der Waals surface area contributed by atoms with E-state index < -0.39 is 34.5 Å². The molecule has 26 heavy (non-hydrogen) atoms. The summed E-state index contributed by atoms with van der Waals surface area (Å²) in [6.45, 7) is 5.42. The van der Waals surface area contributed by atoms with Crippen LogP contribution in [0.2, 0.25) is 0 Å². The number of benzene rings is 1. The predicted octanol–water partition coefficient (Wildman–Crippen LogP) is 2.54. The summed E-state index contributed by atoms with van der Waals surface area (Å²) in [6, 6.07) is 8.30. The van der Waals surface area contributed by atoms with Crippen molar-refractivity contribution in [2.75, 3.05) is 12.0 Å². The number of hydrogen-bond acceptors (Lipinski definition) is 5. The lowest BCUT2D eigenvalue weighted by Gasteiger charge is -2.30. The number of carbonyl (C=O) groups is 2. The van der Waals surface area contributed by atoms with Crippen molar-refractivity contribution in [3.63, 3.8) is 0 Å². The van der Waals surface area contributed by atoms with Crippen molar-refractivity contribution in [3.8, 4) is 0 Å². The van der Waals surface area contributed by atoms with Crippen molar-refractivity contribution in [1.82, 2.24) is 10.4 Å². The highest BCUT2D eigenvalue weighted by molar-refractivity contribution is 7.84. The monoisotopic (exact) mass is 384 g/mol. The molecule has 1 amide bonds. The first-order chi connectivity index (χ1) is 12.1. The van der Waals surface area contributed by atoms with Crippen LogP contribution >= 0.6 is 0 Å². The molecule has 8 heteroatoms. The maximum atomic E-state index is 12.2. The van der Waals surface area contributed by atoms with E-state index in [1.807, 2.05) is 30.3 Å². The Morgan fingerprint density at radius 1 is 1.27 bits per heavy atom. The Balaban J connectivity index is 2.92. The average molecular weight is 384 g/mol. The Kier molecular flexibility index (Phi) is 8.74. The van der Waals surface area contributed by atoms with Gasteiger partial charge in [-0.2, -0.15) is 5.01 Å². The summed E-state index contributed by atoms with van der Waals surface area (Å²) in [7, 11) is -0.994. The number of amides is 1. The molecule has 2 N–H and O–H groups in total. The van der Waals surface area contributed by atoms with Gasteiger partial charge >= 0.3 is 12.1 Å². The Morgan fingerprint density at radius 2 is 1.88 bits per heavy atom. The molecule has 0 heterocycles. The maximum absolute atomic E-state index is 12.2. The van der Waals surface area contributed by atoms with E-state index in [2.05, 4.69) is 5.43 Å².